The largest absolute Gasteiger partial charge is 0.317 e. The molecule has 0 saturated heterocycles. The Kier molecular flexibility index (Phi) is 6.08. The van der Waals surface area contributed by atoms with Gasteiger partial charge in [0.2, 0.25) is 5.91 Å². The van der Waals surface area contributed by atoms with E-state index in [1.807, 2.05) is 24.3 Å². The van der Waals surface area contributed by atoms with Gasteiger partial charge in [0.15, 0.2) is 0 Å². The average molecular weight is 403 g/mol. The summed E-state index contributed by atoms with van der Waals surface area (Å²) < 4.78 is 0.790. The summed E-state index contributed by atoms with van der Waals surface area (Å²) in [4.78, 5) is 12.4. The number of nitrogens with zero attached hydrogens (tertiary/aromatic N) is 1. The Bertz CT molecular complexity index is 929. The molecule has 3 rings (SSSR count). The second-order valence-corrected chi connectivity index (χ2v) is 8.81. The minimum absolute atomic E-state index is 0.105. The molecular formula is C20H19ClN2OS2. The first-order valence-electron chi connectivity index (χ1n) is 8.61. The lowest BCUT2D eigenvalue weighted by atomic mass is 9.85. The van der Waals surface area contributed by atoms with Crippen LogP contribution in [0.15, 0.2) is 24.3 Å². The van der Waals surface area contributed by atoms with E-state index >= 15 is 0 Å². The van der Waals surface area contributed by atoms with Crippen LogP contribution in [0.1, 0.15) is 42.0 Å². The standard InChI is InChI=1S/C20H19ClN2OS2/c1-12-2-8-15-16(10-12)20(25)26-19(17(15)11-22)23-18(24)9-5-13-3-6-14(21)7-4-13/h3-4,6-7,12H,2,5,8-10H2,1H3,(H,23,24). The number of nitriles is 1. The van der Waals surface area contributed by atoms with E-state index in [0.29, 0.717) is 34.3 Å². The van der Waals surface area contributed by atoms with Crippen LogP contribution in [0.25, 0.3) is 0 Å². The summed E-state index contributed by atoms with van der Waals surface area (Å²) in [5.41, 5.74) is 3.80. The molecule has 2 aromatic rings. The Morgan fingerprint density at radius 3 is 2.81 bits per heavy atom. The average Bonchev–Trinajstić information content (AvgIpc) is 2.62. The Hall–Kier alpha value is -1.74. The van der Waals surface area contributed by atoms with Gasteiger partial charge in [-0.3, -0.25) is 4.79 Å². The summed E-state index contributed by atoms with van der Waals surface area (Å²) >= 11 is 12.8. The lowest BCUT2D eigenvalue weighted by Gasteiger charge is -2.23. The van der Waals surface area contributed by atoms with Crippen molar-refractivity contribution in [1.82, 2.24) is 0 Å². The van der Waals surface area contributed by atoms with Crippen molar-refractivity contribution in [2.45, 2.75) is 39.0 Å². The van der Waals surface area contributed by atoms with Gasteiger partial charge < -0.3 is 5.32 Å². The zero-order valence-corrected chi connectivity index (χ0v) is 16.9. The van der Waals surface area contributed by atoms with Gasteiger partial charge in [-0.05, 0) is 60.4 Å². The van der Waals surface area contributed by atoms with E-state index in [1.54, 1.807) is 0 Å². The van der Waals surface area contributed by atoms with Crippen molar-refractivity contribution in [1.29, 1.82) is 5.26 Å². The molecule has 1 aromatic carbocycles. The number of anilines is 1. The summed E-state index contributed by atoms with van der Waals surface area (Å²) in [6.45, 7) is 2.21. The van der Waals surface area contributed by atoms with Crippen LogP contribution in [0.4, 0.5) is 5.00 Å². The molecule has 0 radical (unpaired) electrons. The smallest absolute Gasteiger partial charge is 0.225 e. The second kappa shape index (κ2) is 8.30. The number of hydrogen-bond acceptors (Lipinski definition) is 4. The third-order valence-corrected chi connectivity index (χ3v) is 6.38. The Balaban J connectivity index is 1.76. The molecule has 6 heteroatoms. The second-order valence-electron chi connectivity index (χ2n) is 6.69. The Morgan fingerprint density at radius 2 is 2.12 bits per heavy atom. The highest BCUT2D eigenvalue weighted by atomic mass is 35.5. The maximum absolute atomic E-state index is 12.4. The van der Waals surface area contributed by atoms with Crippen molar-refractivity contribution < 1.29 is 4.79 Å². The zero-order chi connectivity index (χ0) is 18.7. The lowest BCUT2D eigenvalue weighted by Crippen LogP contribution is -2.17. The van der Waals surface area contributed by atoms with Crippen LogP contribution in [-0.4, -0.2) is 5.91 Å². The van der Waals surface area contributed by atoms with Gasteiger partial charge >= 0.3 is 0 Å². The van der Waals surface area contributed by atoms with Gasteiger partial charge in [-0.25, -0.2) is 0 Å². The third kappa shape index (κ3) is 4.32. The number of carbonyl (C=O) groups excluding carboxylic acids is 1. The molecule has 1 N–H and O–H groups in total. The van der Waals surface area contributed by atoms with Gasteiger partial charge in [0, 0.05) is 11.4 Å². The Morgan fingerprint density at radius 1 is 1.38 bits per heavy atom. The SMILES string of the molecule is CC1CCc2c(C#N)c(NC(=O)CCc3ccc(Cl)cc3)sc(=S)c2C1. The van der Waals surface area contributed by atoms with Gasteiger partial charge in [0.1, 0.15) is 11.1 Å². The van der Waals surface area contributed by atoms with E-state index in [1.165, 1.54) is 11.3 Å². The van der Waals surface area contributed by atoms with Gasteiger partial charge in [-0.1, -0.05) is 42.9 Å². The minimum Gasteiger partial charge on any atom is -0.317 e. The summed E-state index contributed by atoms with van der Waals surface area (Å²) in [7, 11) is 0. The van der Waals surface area contributed by atoms with Gasteiger partial charge in [0.25, 0.3) is 0 Å². The maximum atomic E-state index is 12.4. The van der Waals surface area contributed by atoms with Crippen molar-refractivity contribution in [3.05, 3.63) is 55.4 Å². The molecule has 1 aromatic heterocycles. The molecule has 1 aliphatic rings. The summed E-state index contributed by atoms with van der Waals surface area (Å²) in [6, 6.07) is 9.76. The molecule has 0 saturated carbocycles. The molecule has 0 aliphatic heterocycles. The van der Waals surface area contributed by atoms with Crippen LogP contribution in [0.2, 0.25) is 5.02 Å². The molecule has 26 heavy (non-hydrogen) atoms. The molecule has 1 heterocycles. The summed E-state index contributed by atoms with van der Waals surface area (Å²) in [5, 5.41) is 13.8. The predicted octanol–water partition coefficient (Wildman–Crippen LogP) is 5.70. The fourth-order valence-electron chi connectivity index (χ4n) is 3.24. The molecule has 1 atom stereocenters. The first-order valence-corrected chi connectivity index (χ1v) is 10.2. The quantitative estimate of drug-likeness (QED) is 0.667. The topological polar surface area (TPSA) is 52.9 Å². The summed E-state index contributed by atoms with van der Waals surface area (Å²) in [5.74, 6) is 0.481. The maximum Gasteiger partial charge on any atom is 0.225 e. The number of rotatable bonds is 4. The number of hydrogen-bond donors (Lipinski definition) is 1. The molecule has 0 bridgehead atoms. The zero-order valence-electron chi connectivity index (χ0n) is 14.5. The van der Waals surface area contributed by atoms with Crippen LogP contribution in [0, 0.1) is 21.1 Å². The number of carbonyl (C=O) groups is 1. The monoisotopic (exact) mass is 402 g/mol. The molecule has 0 fully saturated rings. The van der Waals surface area contributed by atoms with E-state index in [-0.39, 0.29) is 5.91 Å². The molecule has 0 spiro atoms. The third-order valence-electron chi connectivity index (χ3n) is 4.69. The van der Waals surface area contributed by atoms with Crippen molar-refractivity contribution in [3.63, 3.8) is 0 Å². The van der Waals surface area contributed by atoms with Gasteiger partial charge in [-0.15, -0.1) is 11.3 Å². The van der Waals surface area contributed by atoms with Gasteiger partial charge in [0.05, 0.1) is 9.39 Å². The normalized spacial score (nSPS) is 15.8. The van der Waals surface area contributed by atoms with Crippen molar-refractivity contribution in [2.24, 2.45) is 5.92 Å². The molecule has 1 amide bonds. The fraction of sp³-hybridized carbons (Fsp3) is 0.350. The highest BCUT2D eigenvalue weighted by Crippen LogP contribution is 2.36. The number of nitrogens with one attached hydrogen (secondary N) is 1. The van der Waals surface area contributed by atoms with Crippen LogP contribution >= 0.6 is 35.2 Å². The van der Waals surface area contributed by atoms with Crippen LogP contribution in [0.5, 0.6) is 0 Å². The number of amides is 1. The van der Waals surface area contributed by atoms with Crippen LogP contribution in [-0.2, 0) is 24.1 Å². The highest BCUT2D eigenvalue weighted by molar-refractivity contribution is 7.73. The van der Waals surface area contributed by atoms with E-state index < -0.39 is 0 Å². The molecule has 3 nitrogen and oxygen atoms in total. The highest BCUT2D eigenvalue weighted by Gasteiger charge is 2.23. The molecular weight excluding hydrogens is 384 g/mol. The van der Waals surface area contributed by atoms with Crippen molar-refractivity contribution in [3.8, 4) is 6.07 Å². The fourth-order valence-corrected chi connectivity index (χ4v) is 4.78. The lowest BCUT2D eigenvalue weighted by molar-refractivity contribution is -0.116. The van der Waals surface area contributed by atoms with E-state index in [0.717, 1.165) is 39.8 Å². The van der Waals surface area contributed by atoms with Crippen molar-refractivity contribution in [2.75, 3.05) is 5.32 Å². The first-order chi connectivity index (χ1) is 12.5. The number of aryl methyl sites for hydroxylation is 1. The van der Waals surface area contributed by atoms with Crippen molar-refractivity contribution >= 4 is 46.1 Å². The Labute approximate surface area is 167 Å². The van der Waals surface area contributed by atoms with E-state index in [9.17, 15) is 10.1 Å². The number of fused-ring (bicyclic) bond motifs is 1. The minimum atomic E-state index is -0.105. The molecule has 1 unspecified atom stereocenters. The van der Waals surface area contributed by atoms with Crippen LogP contribution in [0.3, 0.4) is 0 Å². The number of halogens is 1. The predicted molar refractivity (Wildman–Crippen MR) is 109 cm³/mol. The van der Waals surface area contributed by atoms with Gasteiger partial charge in [-0.2, -0.15) is 5.26 Å². The molecule has 134 valence electrons. The number of benzene rings is 1. The molecule has 1 aliphatic carbocycles. The first kappa shape index (κ1) is 19.0. The summed E-state index contributed by atoms with van der Waals surface area (Å²) in [6.07, 6.45) is 3.79. The van der Waals surface area contributed by atoms with E-state index in [4.69, 9.17) is 23.8 Å². The van der Waals surface area contributed by atoms with E-state index in [2.05, 4.69) is 18.3 Å². The van der Waals surface area contributed by atoms with Crippen LogP contribution < -0.4 is 5.32 Å².